The van der Waals surface area contributed by atoms with Gasteiger partial charge in [-0.3, -0.25) is 0 Å². The van der Waals surface area contributed by atoms with E-state index in [9.17, 15) is 8.42 Å². The molecule has 130 valence electrons. The van der Waals surface area contributed by atoms with Gasteiger partial charge in [-0.2, -0.15) is 9.97 Å². The summed E-state index contributed by atoms with van der Waals surface area (Å²) in [7, 11) is 0.0881. The predicted octanol–water partition coefficient (Wildman–Crippen LogP) is 0.747. The molecule has 0 aliphatic rings. The second-order valence-corrected chi connectivity index (χ2v) is 6.19. The fraction of sp³-hybridized carbons (Fsp3) is 0.357. The number of rotatable bonds is 8. The van der Waals surface area contributed by atoms with Crippen LogP contribution in [0.5, 0.6) is 17.8 Å². The maximum Gasteiger partial charge on any atom is 0.323 e. The minimum Gasteiger partial charge on any atom is -0.490 e. The zero-order chi connectivity index (χ0) is 17.6. The van der Waals surface area contributed by atoms with Crippen molar-refractivity contribution in [1.29, 1.82) is 0 Å². The number of hydrogen-bond donors (Lipinski definition) is 0. The largest absolute Gasteiger partial charge is 0.490 e. The van der Waals surface area contributed by atoms with Gasteiger partial charge in [0.05, 0.1) is 20.8 Å². The zero-order valence-electron chi connectivity index (χ0n) is 13.4. The van der Waals surface area contributed by atoms with E-state index in [1.807, 2.05) is 0 Å². The topological polar surface area (TPSA) is 110 Å². The van der Waals surface area contributed by atoms with Crippen molar-refractivity contribution in [3.8, 4) is 17.8 Å². The first-order chi connectivity index (χ1) is 11.5. The normalized spacial score (nSPS) is 11.1. The molecule has 0 amide bonds. The van der Waals surface area contributed by atoms with Crippen LogP contribution in [0.2, 0.25) is 0 Å². The molecule has 0 bridgehead atoms. The summed E-state index contributed by atoms with van der Waals surface area (Å²) in [5.41, 5.74) is 0. The molecule has 1 heterocycles. The SMILES string of the molecule is COCCOc1ccccc1S(=O)(=O)c1nc(OC)nc(OC)n1. The Bertz CT molecular complexity index is 775. The van der Waals surface area contributed by atoms with Crippen molar-refractivity contribution in [3.05, 3.63) is 24.3 Å². The van der Waals surface area contributed by atoms with E-state index in [1.165, 1.54) is 33.5 Å². The van der Waals surface area contributed by atoms with E-state index in [1.54, 1.807) is 12.1 Å². The summed E-state index contributed by atoms with van der Waals surface area (Å²) in [6.45, 7) is 0.522. The first kappa shape index (κ1) is 17.9. The maximum atomic E-state index is 12.8. The molecular weight excluding hydrogens is 338 g/mol. The molecule has 1 aromatic carbocycles. The molecular formula is C14H17N3O6S. The summed E-state index contributed by atoms with van der Waals surface area (Å²) >= 11 is 0. The number of sulfone groups is 1. The first-order valence-corrected chi connectivity index (χ1v) is 8.31. The molecule has 0 saturated carbocycles. The Morgan fingerprint density at radius 1 is 0.917 bits per heavy atom. The second-order valence-electron chi connectivity index (χ2n) is 4.38. The highest BCUT2D eigenvalue weighted by Crippen LogP contribution is 2.28. The lowest BCUT2D eigenvalue weighted by molar-refractivity contribution is 0.144. The number of hydrogen-bond acceptors (Lipinski definition) is 9. The van der Waals surface area contributed by atoms with Crippen LogP contribution in [0.15, 0.2) is 34.3 Å². The quantitative estimate of drug-likeness (QED) is 0.633. The Kier molecular flexibility index (Phi) is 5.88. The van der Waals surface area contributed by atoms with Crippen molar-refractivity contribution in [2.45, 2.75) is 10.1 Å². The second kappa shape index (κ2) is 7.88. The van der Waals surface area contributed by atoms with Crippen molar-refractivity contribution in [2.75, 3.05) is 34.5 Å². The van der Waals surface area contributed by atoms with Gasteiger partial charge in [0, 0.05) is 7.11 Å². The van der Waals surface area contributed by atoms with Gasteiger partial charge in [-0.25, -0.2) is 8.42 Å². The average Bonchev–Trinajstić information content (AvgIpc) is 2.61. The minimum atomic E-state index is -4.06. The van der Waals surface area contributed by atoms with E-state index in [-0.39, 0.29) is 29.3 Å². The first-order valence-electron chi connectivity index (χ1n) is 6.83. The van der Waals surface area contributed by atoms with Crippen LogP contribution in [0.1, 0.15) is 0 Å². The third-order valence-electron chi connectivity index (χ3n) is 2.86. The van der Waals surface area contributed by atoms with Crippen LogP contribution in [0.4, 0.5) is 0 Å². The van der Waals surface area contributed by atoms with Gasteiger partial charge in [-0.1, -0.05) is 12.1 Å². The molecule has 0 N–H and O–H groups in total. The van der Waals surface area contributed by atoms with Gasteiger partial charge in [0.15, 0.2) is 0 Å². The molecule has 0 fully saturated rings. The third kappa shape index (κ3) is 3.89. The van der Waals surface area contributed by atoms with E-state index in [2.05, 4.69) is 15.0 Å². The lowest BCUT2D eigenvalue weighted by atomic mass is 10.3. The van der Waals surface area contributed by atoms with E-state index in [4.69, 9.17) is 18.9 Å². The molecule has 24 heavy (non-hydrogen) atoms. The Morgan fingerprint density at radius 3 is 2.12 bits per heavy atom. The maximum absolute atomic E-state index is 12.8. The van der Waals surface area contributed by atoms with Crippen LogP contribution in [-0.2, 0) is 14.6 Å². The summed E-state index contributed by atoms with van der Waals surface area (Å²) in [5.74, 6) is 0.174. The highest BCUT2D eigenvalue weighted by atomic mass is 32.2. The number of nitrogens with zero attached hydrogens (tertiary/aromatic N) is 3. The number of benzene rings is 1. The van der Waals surface area contributed by atoms with Crippen molar-refractivity contribution < 1.29 is 27.4 Å². The van der Waals surface area contributed by atoms with Crippen LogP contribution >= 0.6 is 0 Å². The number of ether oxygens (including phenoxy) is 4. The van der Waals surface area contributed by atoms with Crippen molar-refractivity contribution in [3.63, 3.8) is 0 Å². The zero-order valence-corrected chi connectivity index (χ0v) is 14.2. The van der Waals surface area contributed by atoms with Gasteiger partial charge in [0.2, 0.25) is 9.84 Å². The number of methoxy groups -OCH3 is 3. The van der Waals surface area contributed by atoms with Crippen LogP contribution in [-0.4, -0.2) is 57.9 Å². The summed E-state index contributed by atoms with van der Waals surface area (Å²) in [5, 5.41) is -0.492. The summed E-state index contributed by atoms with van der Waals surface area (Å²) in [4.78, 5) is 11.3. The minimum absolute atomic E-state index is 0.0728. The molecule has 2 aromatic rings. The van der Waals surface area contributed by atoms with Crippen LogP contribution < -0.4 is 14.2 Å². The lowest BCUT2D eigenvalue weighted by Crippen LogP contribution is -2.13. The van der Waals surface area contributed by atoms with Crippen molar-refractivity contribution in [1.82, 2.24) is 15.0 Å². The van der Waals surface area contributed by atoms with Crippen LogP contribution in [0, 0.1) is 0 Å². The molecule has 9 nitrogen and oxygen atoms in total. The van der Waals surface area contributed by atoms with Crippen LogP contribution in [0.25, 0.3) is 0 Å². The molecule has 0 aliphatic heterocycles. The average molecular weight is 355 g/mol. The molecule has 1 aromatic heterocycles. The molecule has 0 spiro atoms. The van der Waals surface area contributed by atoms with Crippen molar-refractivity contribution in [2.24, 2.45) is 0 Å². The number of para-hydroxylation sites is 1. The fourth-order valence-corrected chi connectivity index (χ4v) is 2.99. The van der Waals surface area contributed by atoms with Gasteiger partial charge >= 0.3 is 12.0 Å². The monoisotopic (exact) mass is 355 g/mol. The Morgan fingerprint density at radius 2 is 1.54 bits per heavy atom. The van der Waals surface area contributed by atoms with Gasteiger partial charge in [-0.15, -0.1) is 4.98 Å². The lowest BCUT2D eigenvalue weighted by Gasteiger charge is -2.11. The summed E-state index contributed by atoms with van der Waals surface area (Å²) in [6, 6.07) is 5.84. The van der Waals surface area contributed by atoms with Gasteiger partial charge in [0.1, 0.15) is 17.3 Å². The summed E-state index contributed by atoms with van der Waals surface area (Å²) in [6.07, 6.45) is 0. The van der Waals surface area contributed by atoms with E-state index in [0.717, 1.165) is 0 Å². The Balaban J connectivity index is 2.48. The molecule has 0 radical (unpaired) electrons. The molecule has 0 atom stereocenters. The standard InChI is InChI=1S/C14H17N3O6S/c1-20-8-9-23-10-6-4-5-7-11(10)24(18,19)14-16-12(21-2)15-13(17-14)22-3/h4-7H,8-9H2,1-3H3. The molecule has 0 saturated heterocycles. The highest BCUT2D eigenvalue weighted by molar-refractivity contribution is 7.91. The Hall–Kier alpha value is -2.46. The van der Waals surface area contributed by atoms with Crippen molar-refractivity contribution >= 4 is 9.84 Å². The smallest absolute Gasteiger partial charge is 0.323 e. The van der Waals surface area contributed by atoms with Gasteiger partial charge in [0.25, 0.3) is 5.16 Å². The van der Waals surface area contributed by atoms with E-state index < -0.39 is 15.0 Å². The predicted molar refractivity (Wildman–Crippen MR) is 82.2 cm³/mol. The fourth-order valence-electron chi connectivity index (χ4n) is 1.75. The van der Waals surface area contributed by atoms with Gasteiger partial charge in [-0.05, 0) is 12.1 Å². The van der Waals surface area contributed by atoms with E-state index in [0.29, 0.717) is 6.61 Å². The van der Waals surface area contributed by atoms with Crippen LogP contribution in [0.3, 0.4) is 0 Å². The molecule has 0 unspecified atom stereocenters. The molecule has 2 rings (SSSR count). The molecule has 0 aliphatic carbocycles. The van der Waals surface area contributed by atoms with Gasteiger partial charge < -0.3 is 18.9 Å². The highest BCUT2D eigenvalue weighted by Gasteiger charge is 2.27. The summed E-state index contributed by atoms with van der Waals surface area (Å²) < 4.78 is 45.8. The third-order valence-corrected chi connectivity index (χ3v) is 4.44. The molecule has 10 heteroatoms. The number of aromatic nitrogens is 3. The Labute approximate surface area is 139 Å². The van der Waals surface area contributed by atoms with E-state index >= 15 is 0 Å².